The van der Waals surface area contributed by atoms with E-state index in [4.69, 9.17) is 0 Å². The Hall–Kier alpha value is -3.34. The maximum Gasteiger partial charge on any atom is 0.416 e. The van der Waals surface area contributed by atoms with Crippen LogP contribution in [0.3, 0.4) is 0 Å². The topological polar surface area (TPSA) is 93.1 Å². The van der Waals surface area contributed by atoms with Crippen molar-refractivity contribution in [1.29, 1.82) is 0 Å². The van der Waals surface area contributed by atoms with Crippen LogP contribution in [0.15, 0.2) is 59.6 Å². The molecule has 7 nitrogen and oxygen atoms in total. The number of amides is 1. The van der Waals surface area contributed by atoms with Crippen molar-refractivity contribution in [1.82, 2.24) is 9.78 Å². The summed E-state index contributed by atoms with van der Waals surface area (Å²) in [7, 11) is -2.54. The van der Waals surface area contributed by atoms with Crippen molar-refractivity contribution in [3.05, 3.63) is 71.5 Å². The minimum absolute atomic E-state index is 0.126. The molecule has 0 saturated carbocycles. The van der Waals surface area contributed by atoms with Crippen LogP contribution in [-0.2, 0) is 23.2 Å². The molecule has 0 fully saturated rings. The molecule has 0 saturated heterocycles. The molecule has 0 aliphatic heterocycles. The van der Waals surface area contributed by atoms with Crippen LogP contribution in [0.1, 0.15) is 21.6 Å². The molecule has 0 unspecified atom stereocenters. The Bertz CT molecular complexity index is 1200. The first-order valence-corrected chi connectivity index (χ1v) is 10.1. The van der Waals surface area contributed by atoms with Crippen LogP contribution >= 0.6 is 0 Å². The zero-order valence-corrected chi connectivity index (χ0v) is 16.7. The molecule has 30 heavy (non-hydrogen) atoms. The van der Waals surface area contributed by atoms with Gasteiger partial charge in [0.1, 0.15) is 5.69 Å². The Balaban J connectivity index is 1.82. The number of rotatable bonds is 5. The Labute approximate surface area is 170 Å². The van der Waals surface area contributed by atoms with E-state index in [1.807, 2.05) is 0 Å². The predicted molar refractivity (Wildman–Crippen MR) is 105 cm³/mol. The molecule has 0 aliphatic carbocycles. The molecule has 158 valence electrons. The van der Waals surface area contributed by atoms with Gasteiger partial charge in [-0.1, -0.05) is 6.07 Å². The number of aromatic nitrogens is 2. The molecule has 1 amide bonds. The number of hydrogen-bond acceptors (Lipinski definition) is 4. The molecule has 0 atom stereocenters. The molecule has 0 aliphatic rings. The highest BCUT2D eigenvalue weighted by molar-refractivity contribution is 7.92. The summed E-state index contributed by atoms with van der Waals surface area (Å²) < 4.78 is 67.4. The van der Waals surface area contributed by atoms with Gasteiger partial charge in [-0.25, -0.2) is 8.42 Å². The van der Waals surface area contributed by atoms with Crippen molar-refractivity contribution < 1.29 is 26.4 Å². The van der Waals surface area contributed by atoms with Gasteiger partial charge in [0.2, 0.25) is 0 Å². The highest BCUT2D eigenvalue weighted by Gasteiger charge is 2.30. The standard InChI is InChI=1S/C19H17F3N4O3S/c1-12-10-14(24-18(27)16-8-9-23-26(16)2)6-7-17(12)30(28,29)25-15-5-3-4-13(11-15)19(20,21)22/h3-11,25H,1-2H3,(H,24,27). The fourth-order valence-electron chi connectivity index (χ4n) is 2.79. The SMILES string of the molecule is Cc1cc(NC(=O)c2ccnn2C)ccc1S(=O)(=O)Nc1cccc(C(F)(F)F)c1. The van der Waals surface area contributed by atoms with Gasteiger partial charge in [0.15, 0.2) is 0 Å². The second-order valence-electron chi connectivity index (χ2n) is 6.46. The second kappa shape index (κ2) is 7.82. The van der Waals surface area contributed by atoms with Crippen LogP contribution in [0.2, 0.25) is 0 Å². The number of aryl methyl sites for hydroxylation is 2. The minimum atomic E-state index is -4.59. The predicted octanol–water partition coefficient (Wildman–Crippen LogP) is 3.80. The third kappa shape index (κ3) is 4.62. The Morgan fingerprint density at radius 1 is 1.07 bits per heavy atom. The van der Waals surface area contributed by atoms with E-state index < -0.39 is 27.7 Å². The molecular weight excluding hydrogens is 421 g/mol. The van der Waals surface area contributed by atoms with Crippen LogP contribution in [-0.4, -0.2) is 24.1 Å². The highest BCUT2D eigenvalue weighted by atomic mass is 32.2. The Morgan fingerprint density at radius 2 is 1.80 bits per heavy atom. The monoisotopic (exact) mass is 438 g/mol. The molecule has 2 aromatic carbocycles. The van der Waals surface area contributed by atoms with Crippen molar-refractivity contribution in [2.45, 2.75) is 18.0 Å². The second-order valence-corrected chi connectivity index (χ2v) is 8.11. The number of alkyl halides is 3. The van der Waals surface area contributed by atoms with E-state index >= 15 is 0 Å². The average molecular weight is 438 g/mol. The molecule has 0 radical (unpaired) electrons. The molecular formula is C19H17F3N4O3S. The smallest absolute Gasteiger partial charge is 0.321 e. The summed E-state index contributed by atoms with van der Waals surface area (Å²) in [5, 5.41) is 6.54. The van der Waals surface area contributed by atoms with Crippen molar-refractivity contribution >= 4 is 27.3 Å². The van der Waals surface area contributed by atoms with Gasteiger partial charge >= 0.3 is 6.18 Å². The van der Waals surface area contributed by atoms with E-state index in [0.29, 0.717) is 16.9 Å². The summed E-state index contributed by atoms with van der Waals surface area (Å²) in [5.74, 6) is -0.424. The van der Waals surface area contributed by atoms with Crippen LogP contribution < -0.4 is 10.0 Å². The molecule has 1 aromatic heterocycles. The zero-order valence-electron chi connectivity index (χ0n) is 15.9. The molecule has 0 spiro atoms. The number of nitrogens with one attached hydrogen (secondary N) is 2. The maximum absolute atomic E-state index is 12.8. The van der Waals surface area contributed by atoms with Gasteiger partial charge in [-0.3, -0.25) is 14.2 Å². The van der Waals surface area contributed by atoms with Crippen LogP contribution in [0.5, 0.6) is 0 Å². The van der Waals surface area contributed by atoms with Crippen LogP contribution in [0.25, 0.3) is 0 Å². The third-order valence-corrected chi connectivity index (χ3v) is 5.76. The number of carbonyl (C=O) groups excluding carboxylic acids is 1. The van der Waals surface area contributed by atoms with Gasteiger partial charge in [0, 0.05) is 24.6 Å². The highest BCUT2D eigenvalue weighted by Crippen LogP contribution is 2.31. The first-order chi connectivity index (χ1) is 14.0. The third-order valence-electron chi connectivity index (χ3n) is 4.22. The lowest BCUT2D eigenvalue weighted by atomic mass is 10.2. The average Bonchev–Trinajstić information content (AvgIpc) is 3.07. The van der Waals surface area contributed by atoms with Gasteiger partial charge in [-0.15, -0.1) is 0 Å². The normalized spacial score (nSPS) is 11.9. The minimum Gasteiger partial charge on any atom is -0.321 e. The number of hydrogen-bond donors (Lipinski definition) is 2. The lowest BCUT2D eigenvalue weighted by Gasteiger charge is -2.14. The van der Waals surface area contributed by atoms with Crippen LogP contribution in [0, 0.1) is 6.92 Å². The van der Waals surface area contributed by atoms with Crippen molar-refractivity contribution in [2.75, 3.05) is 10.0 Å². The summed E-state index contributed by atoms with van der Waals surface area (Å²) >= 11 is 0. The summed E-state index contributed by atoms with van der Waals surface area (Å²) in [5.41, 5.74) is -0.199. The molecule has 11 heteroatoms. The lowest BCUT2D eigenvalue weighted by molar-refractivity contribution is -0.137. The van der Waals surface area contributed by atoms with Gasteiger partial charge in [0.05, 0.1) is 10.5 Å². The largest absolute Gasteiger partial charge is 0.416 e. The Kier molecular flexibility index (Phi) is 5.57. The van der Waals surface area contributed by atoms with Gasteiger partial charge in [-0.05, 0) is 55.0 Å². The number of nitrogens with zero attached hydrogens (tertiary/aromatic N) is 2. The number of sulfonamides is 1. The summed E-state index contributed by atoms with van der Waals surface area (Å²) in [4.78, 5) is 12.1. The van der Waals surface area contributed by atoms with Crippen LogP contribution in [0.4, 0.5) is 24.5 Å². The van der Waals surface area contributed by atoms with Crippen molar-refractivity contribution in [3.8, 4) is 0 Å². The Morgan fingerprint density at radius 3 is 2.40 bits per heavy atom. The van der Waals surface area contributed by atoms with Crippen molar-refractivity contribution in [2.24, 2.45) is 7.05 Å². The number of anilines is 2. The van der Waals surface area contributed by atoms with Gasteiger partial charge < -0.3 is 5.32 Å². The first kappa shape index (κ1) is 21.4. The maximum atomic E-state index is 12.8. The first-order valence-electron chi connectivity index (χ1n) is 8.57. The van der Waals surface area contributed by atoms with E-state index in [1.165, 1.54) is 48.1 Å². The number of benzene rings is 2. The molecule has 1 heterocycles. The van der Waals surface area contributed by atoms with E-state index in [-0.39, 0.29) is 10.6 Å². The molecule has 3 aromatic rings. The van der Waals surface area contributed by atoms with Crippen molar-refractivity contribution in [3.63, 3.8) is 0 Å². The van der Waals surface area contributed by atoms with E-state index in [0.717, 1.165) is 18.2 Å². The van der Waals surface area contributed by atoms with Gasteiger partial charge in [0.25, 0.3) is 15.9 Å². The molecule has 0 bridgehead atoms. The van der Waals surface area contributed by atoms with E-state index in [1.54, 1.807) is 7.05 Å². The fourth-order valence-corrected chi connectivity index (χ4v) is 4.07. The zero-order chi connectivity index (χ0) is 22.1. The summed E-state index contributed by atoms with van der Waals surface area (Å²) in [6, 6.07) is 9.55. The quantitative estimate of drug-likeness (QED) is 0.634. The fraction of sp³-hybridized carbons (Fsp3) is 0.158. The van der Waals surface area contributed by atoms with E-state index in [9.17, 15) is 26.4 Å². The molecule has 2 N–H and O–H groups in total. The van der Waals surface area contributed by atoms with Gasteiger partial charge in [-0.2, -0.15) is 18.3 Å². The summed E-state index contributed by atoms with van der Waals surface area (Å²) in [6.07, 6.45) is -3.12. The van der Waals surface area contributed by atoms with E-state index in [2.05, 4.69) is 15.1 Å². The lowest BCUT2D eigenvalue weighted by Crippen LogP contribution is -2.17. The number of halogens is 3. The summed E-state index contributed by atoms with van der Waals surface area (Å²) in [6.45, 7) is 1.51. The molecule has 3 rings (SSSR count). The number of carbonyl (C=O) groups is 1.